The van der Waals surface area contributed by atoms with E-state index in [0.717, 1.165) is 38.4 Å². The Morgan fingerprint density at radius 1 is 1.14 bits per heavy atom. The van der Waals surface area contributed by atoms with Crippen molar-refractivity contribution in [3.05, 3.63) is 0 Å². The summed E-state index contributed by atoms with van der Waals surface area (Å²) in [7, 11) is 0. The van der Waals surface area contributed by atoms with Gasteiger partial charge in [0.15, 0.2) is 5.96 Å². The zero-order valence-electron chi connectivity index (χ0n) is 13.9. The predicted octanol–water partition coefficient (Wildman–Crippen LogP) is 0.363. The predicted molar refractivity (Wildman–Crippen MR) is 85.6 cm³/mol. The Bertz CT molecular complexity index is 390. The molecule has 0 aromatic carbocycles. The van der Waals surface area contributed by atoms with Gasteiger partial charge < -0.3 is 20.3 Å². The molecule has 1 heterocycles. The fourth-order valence-corrected chi connectivity index (χ4v) is 2.41. The number of aliphatic imine (C=N–C) groups is 1. The number of nitrogens with one attached hydrogen (secondary N) is 2. The fraction of sp³-hybridized carbons (Fsp3) is 0.800. The maximum Gasteiger partial charge on any atom is 0.309 e. The minimum atomic E-state index is -0.105. The minimum Gasteiger partial charge on any atom is -0.466 e. The lowest BCUT2D eigenvalue weighted by Crippen LogP contribution is -2.47. The van der Waals surface area contributed by atoms with Crippen LogP contribution >= 0.6 is 0 Å². The zero-order valence-corrected chi connectivity index (χ0v) is 13.9. The Balaban J connectivity index is 2.54. The third kappa shape index (κ3) is 5.91. The number of amides is 1. The topological polar surface area (TPSA) is 83.0 Å². The van der Waals surface area contributed by atoms with Crippen molar-refractivity contribution in [1.82, 2.24) is 15.5 Å². The summed E-state index contributed by atoms with van der Waals surface area (Å²) < 4.78 is 5.07. The van der Waals surface area contributed by atoms with Crippen molar-refractivity contribution in [2.24, 2.45) is 10.9 Å². The van der Waals surface area contributed by atoms with Crippen LogP contribution in [0.2, 0.25) is 0 Å². The van der Waals surface area contributed by atoms with Gasteiger partial charge in [-0.3, -0.25) is 9.59 Å². The van der Waals surface area contributed by atoms with Crippen LogP contribution in [0.4, 0.5) is 0 Å². The molecule has 0 aromatic rings. The van der Waals surface area contributed by atoms with Crippen molar-refractivity contribution in [2.75, 3.05) is 39.3 Å². The van der Waals surface area contributed by atoms with Crippen molar-refractivity contribution in [3.63, 3.8) is 0 Å². The first-order valence-corrected chi connectivity index (χ1v) is 8.08. The van der Waals surface area contributed by atoms with E-state index in [0.29, 0.717) is 13.2 Å². The summed E-state index contributed by atoms with van der Waals surface area (Å²) >= 11 is 0. The Morgan fingerprint density at radius 2 is 1.77 bits per heavy atom. The van der Waals surface area contributed by atoms with Gasteiger partial charge >= 0.3 is 5.97 Å². The molecule has 0 aliphatic carbocycles. The van der Waals surface area contributed by atoms with Crippen LogP contribution in [0.3, 0.4) is 0 Å². The molecule has 2 N–H and O–H groups in total. The van der Waals surface area contributed by atoms with Crippen molar-refractivity contribution in [1.29, 1.82) is 0 Å². The highest BCUT2D eigenvalue weighted by molar-refractivity contribution is 5.85. The number of likely N-dealkylation sites (N-methyl/N-ethyl adjacent to an activating group) is 1. The van der Waals surface area contributed by atoms with Crippen LogP contribution < -0.4 is 10.6 Å². The number of guanidine groups is 1. The van der Waals surface area contributed by atoms with Crippen molar-refractivity contribution in [2.45, 2.75) is 33.6 Å². The summed E-state index contributed by atoms with van der Waals surface area (Å²) in [5, 5.41) is 5.93. The van der Waals surface area contributed by atoms with E-state index in [9.17, 15) is 9.59 Å². The molecule has 1 aliphatic rings. The molecule has 126 valence electrons. The summed E-state index contributed by atoms with van der Waals surface area (Å²) in [5.74, 6) is 0.518. The number of carbonyl (C=O) groups excluding carboxylic acids is 2. The van der Waals surface area contributed by atoms with E-state index in [1.165, 1.54) is 0 Å². The number of esters is 1. The molecular formula is C15H28N4O3. The minimum absolute atomic E-state index is 0.0255. The lowest BCUT2D eigenvalue weighted by atomic mass is 9.97. The SMILES string of the molecule is CCNC(=O)CN=C(NCC)N1CCC(C(=O)OCC)CC1. The smallest absolute Gasteiger partial charge is 0.309 e. The average Bonchev–Trinajstić information content (AvgIpc) is 2.52. The Kier molecular flexibility index (Phi) is 8.32. The second-order valence-electron chi connectivity index (χ2n) is 5.14. The lowest BCUT2D eigenvalue weighted by Gasteiger charge is -2.33. The largest absolute Gasteiger partial charge is 0.466 e. The summed E-state index contributed by atoms with van der Waals surface area (Å²) in [5.41, 5.74) is 0. The van der Waals surface area contributed by atoms with Crippen LogP contribution in [0.25, 0.3) is 0 Å². The van der Waals surface area contributed by atoms with E-state index in [1.54, 1.807) is 0 Å². The highest BCUT2D eigenvalue weighted by Gasteiger charge is 2.27. The van der Waals surface area contributed by atoms with Crippen LogP contribution in [-0.4, -0.2) is 62.1 Å². The Labute approximate surface area is 132 Å². The van der Waals surface area contributed by atoms with E-state index in [1.807, 2.05) is 20.8 Å². The fourth-order valence-electron chi connectivity index (χ4n) is 2.41. The Hall–Kier alpha value is -1.79. The van der Waals surface area contributed by atoms with E-state index < -0.39 is 0 Å². The third-order valence-corrected chi connectivity index (χ3v) is 3.50. The van der Waals surface area contributed by atoms with E-state index >= 15 is 0 Å². The van der Waals surface area contributed by atoms with Crippen molar-refractivity contribution in [3.8, 4) is 0 Å². The summed E-state index contributed by atoms with van der Waals surface area (Å²) in [4.78, 5) is 29.7. The van der Waals surface area contributed by atoms with Gasteiger partial charge in [0, 0.05) is 26.2 Å². The number of ether oxygens (including phenoxy) is 1. The van der Waals surface area contributed by atoms with Gasteiger partial charge in [0.25, 0.3) is 0 Å². The van der Waals surface area contributed by atoms with Gasteiger partial charge in [0.2, 0.25) is 5.91 Å². The highest BCUT2D eigenvalue weighted by Crippen LogP contribution is 2.18. The first-order valence-electron chi connectivity index (χ1n) is 8.08. The lowest BCUT2D eigenvalue weighted by molar-refractivity contribution is -0.149. The van der Waals surface area contributed by atoms with Gasteiger partial charge in [-0.1, -0.05) is 0 Å². The molecule has 7 heteroatoms. The van der Waals surface area contributed by atoms with Gasteiger partial charge in [-0.2, -0.15) is 0 Å². The number of rotatable bonds is 6. The van der Waals surface area contributed by atoms with E-state index in [4.69, 9.17) is 4.74 Å². The third-order valence-electron chi connectivity index (χ3n) is 3.50. The molecule has 0 aromatic heterocycles. The molecule has 0 radical (unpaired) electrons. The molecule has 0 saturated carbocycles. The average molecular weight is 312 g/mol. The molecule has 0 atom stereocenters. The highest BCUT2D eigenvalue weighted by atomic mass is 16.5. The van der Waals surface area contributed by atoms with Crippen LogP contribution in [0.1, 0.15) is 33.6 Å². The number of likely N-dealkylation sites (tertiary alicyclic amines) is 1. The maximum atomic E-state index is 11.7. The van der Waals surface area contributed by atoms with Crippen LogP contribution in [0.5, 0.6) is 0 Å². The number of piperidine rings is 1. The molecule has 0 spiro atoms. The summed E-state index contributed by atoms with van der Waals surface area (Å²) in [6.45, 7) is 9.07. The number of hydrogen-bond donors (Lipinski definition) is 2. The molecule has 1 aliphatic heterocycles. The first-order chi connectivity index (χ1) is 10.6. The number of nitrogens with zero attached hydrogens (tertiary/aromatic N) is 2. The molecule has 1 rings (SSSR count). The quantitative estimate of drug-likeness (QED) is 0.420. The van der Waals surface area contributed by atoms with Gasteiger partial charge in [0.05, 0.1) is 12.5 Å². The van der Waals surface area contributed by atoms with Crippen LogP contribution in [-0.2, 0) is 14.3 Å². The molecule has 0 unspecified atom stereocenters. The normalized spacial score (nSPS) is 16.3. The second-order valence-corrected chi connectivity index (χ2v) is 5.14. The van der Waals surface area contributed by atoms with Crippen molar-refractivity contribution < 1.29 is 14.3 Å². The van der Waals surface area contributed by atoms with Crippen molar-refractivity contribution >= 4 is 17.8 Å². The molecular weight excluding hydrogens is 284 g/mol. The first kappa shape index (κ1) is 18.3. The summed E-state index contributed by atoms with van der Waals surface area (Å²) in [6, 6.07) is 0. The molecule has 22 heavy (non-hydrogen) atoms. The molecule has 7 nitrogen and oxygen atoms in total. The van der Waals surface area contributed by atoms with Gasteiger partial charge in [-0.05, 0) is 33.6 Å². The number of carbonyl (C=O) groups is 2. The van der Waals surface area contributed by atoms with Crippen LogP contribution in [0, 0.1) is 5.92 Å². The van der Waals surface area contributed by atoms with Gasteiger partial charge in [-0.25, -0.2) is 4.99 Å². The maximum absolute atomic E-state index is 11.7. The van der Waals surface area contributed by atoms with Gasteiger partial charge in [-0.15, -0.1) is 0 Å². The zero-order chi connectivity index (χ0) is 16.4. The summed E-state index contributed by atoms with van der Waals surface area (Å²) in [6.07, 6.45) is 1.51. The molecule has 1 amide bonds. The molecule has 1 fully saturated rings. The Morgan fingerprint density at radius 3 is 2.32 bits per heavy atom. The standard InChI is InChI=1S/C15H28N4O3/c1-4-16-13(20)11-18-15(17-5-2)19-9-7-12(8-10-19)14(21)22-6-3/h12H,4-11H2,1-3H3,(H,16,20)(H,17,18). The second kappa shape index (κ2) is 10.0. The number of hydrogen-bond acceptors (Lipinski definition) is 4. The molecule has 0 bridgehead atoms. The molecule has 1 saturated heterocycles. The van der Waals surface area contributed by atoms with Gasteiger partial charge in [0.1, 0.15) is 6.54 Å². The van der Waals surface area contributed by atoms with Crippen LogP contribution in [0.15, 0.2) is 4.99 Å². The monoisotopic (exact) mass is 312 g/mol. The van der Waals surface area contributed by atoms with E-state index in [-0.39, 0.29) is 24.3 Å². The van der Waals surface area contributed by atoms with E-state index in [2.05, 4.69) is 20.5 Å².